The molecule has 13 rings (SSSR count). The van der Waals surface area contributed by atoms with Gasteiger partial charge in [-0.25, -0.2) is 20.4 Å². The summed E-state index contributed by atoms with van der Waals surface area (Å²) in [6, 6.07) is 11.9. The van der Waals surface area contributed by atoms with Crippen LogP contribution in [0, 0.1) is 17.3 Å². The Balaban J connectivity index is 0.941. The first kappa shape index (κ1) is 49.4. The average Bonchev–Trinajstić information content (AvgIpc) is 4.29. The summed E-state index contributed by atoms with van der Waals surface area (Å²) in [7, 11) is 1.74. The third kappa shape index (κ3) is 8.89. The number of benzene rings is 1. The molecule has 0 radical (unpaired) electrons. The number of nitrogens with zero attached hydrogens (tertiary/aromatic N) is 9. The van der Waals surface area contributed by atoms with Crippen molar-refractivity contribution in [2.24, 2.45) is 17.3 Å². The highest BCUT2D eigenvalue weighted by Crippen LogP contribution is 2.54. The predicted molar refractivity (Wildman–Crippen MR) is 283 cm³/mol. The topological polar surface area (TPSA) is 172 Å². The predicted octanol–water partition coefficient (Wildman–Crippen LogP) is 6.48. The first-order valence-electron chi connectivity index (χ1n) is 27.6. The van der Waals surface area contributed by atoms with Gasteiger partial charge in [-0.2, -0.15) is 0 Å². The van der Waals surface area contributed by atoms with E-state index >= 15 is 4.79 Å². The Hall–Kier alpha value is -5.21. The molecule has 1 aromatic carbocycles. The zero-order valence-corrected chi connectivity index (χ0v) is 44.8. The fourth-order valence-corrected chi connectivity index (χ4v) is 14.8. The van der Waals surface area contributed by atoms with Crippen molar-refractivity contribution < 1.29 is 28.6 Å². The van der Waals surface area contributed by atoms with Crippen molar-refractivity contribution in [1.82, 2.24) is 55.0 Å². The number of ether oxygens (including phenoxy) is 3. The SMILES string of the molecule is CO[C@@H](C)c1ncccc1-c1c2c3cc(ccc3n1C1CN(C3CC3)C1)-c1csc(n1)[C@@H](N1CC3(CCN3C3CCOCC3)C1)[C@H](NC(=O)[C@@H]1[C@@H](C)[C@H]1c1ccncn1)C(=O)N1CCC[C@H](N1)C(=O)OCC(C)(C)C2. The molecule has 75 heavy (non-hydrogen) atoms. The van der Waals surface area contributed by atoms with Gasteiger partial charge in [-0.05, 0) is 100 Å². The Morgan fingerprint density at radius 3 is 2.55 bits per heavy atom. The van der Waals surface area contributed by atoms with E-state index in [9.17, 15) is 9.59 Å². The van der Waals surface area contributed by atoms with E-state index in [4.69, 9.17) is 24.2 Å². The number of thiazole rings is 1. The standard InChI is InChI=1S/C57H71N11O6S/c1-33-46(42-14-19-58-32-60-42)47(33)52(69)62-49-51(65-29-57(30-65)17-21-66(57)37-15-22-73-23-16-37)53-61-44(28-75-53)35-10-13-45-40(24-35)41(25-56(3,4)31-74-55(71)43-9-7-20-67(63-43)54(49)70)50(39-8-6-18-59-48(39)34(2)72-5)68(45)38-26-64(27-38)36-11-12-36/h6,8,10,13-14,18-19,24,28,32-34,36-38,43,46-47,49,51,63H,7,9,11-12,15-17,20-23,25-27,29-31H2,1-5H3,(H,62,69)/t33-,34-,43-,46-,47+,49-,51-/m0/s1. The van der Waals surface area contributed by atoms with E-state index in [0.717, 1.165) is 115 Å². The molecule has 7 atom stereocenters. The summed E-state index contributed by atoms with van der Waals surface area (Å²) in [5.74, 6) is -1.32. The van der Waals surface area contributed by atoms with Crippen molar-refractivity contribution in [3.63, 3.8) is 0 Å². The molecule has 10 heterocycles. The number of carbonyl (C=O) groups excluding carboxylic acids is 3. The summed E-state index contributed by atoms with van der Waals surface area (Å²) < 4.78 is 20.7. The second kappa shape index (κ2) is 19.4. The van der Waals surface area contributed by atoms with E-state index in [1.807, 2.05) is 18.3 Å². The normalized spacial score (nSPS) is 29.0. The highest BCUT2D eigenvalue weighted by atomic mass is 32.1. The van der Waals surface area contributed by atoms with Gasteiger partial charge < -0.3 is 24.1 Å². The molecule has 4 aromatic heterocycles. The quantitative estimate of drug-likeness (QED) is 0.146. The van der Waals surface area contributed by atoms with E-state index in [0.29, 0.717) is 37.9 Å². The summed E-state index contributed by atoms with van der Waals surface area (Å²) in [5, 5.41) is 8.99. The minimum absolute atomic E-state index is 0.0154. The van der Waals surface area contributed by atoms with Gasteiger partial charge in [0.15, 0.2) is 0 Å². The van der Waals surface area contributed by atoms with Crippen molar-refractivity contribution >= 4 is 40.0 Å². The number of fused-ring (bicyclic) bond motifs is 6. The molecule has 7 fully saturated rings. The molecule has 1 spiro atoms. The number of likely N-dealkylation sites (tertiary alicyclic amines) is 3. The van der Waals surface area contributed by atoms with Crippen LogP contribution in [0.2, 0.25) is 0 Å². The molecule has 6 bridgehead atoms. The lowest BCUT2D eigenvalue weighted by atomic mass is 9.74. The number of hydrogen-bond donors (Lipinski definition) is 2. The fourth-order valence-electron chi connectivity index (χ4n) is 13.8. The zero-order valence-electron chi connectivity index (χ0n) is 44.0. The Kier molecular flexibility index (Phi) is 12.7. The number of hydrazine groups is 1. The van der Waals surface area contributed by atoms with Crippen LogP contribution in [-0.2, 0) is 35.0 Å². The number of carbonyl (C=O) groups is 3. The first-order valence-corrected chi connectivity index (χ1v) is 28.5. The highest BCUT2D eigenvalue weighted by molar-refractivity contribution is 7.10. The van der Waals surface area contributed by atoms with Crippen molar-refractivity contribution in [1.29, 1.82) is 0 Å². The molecule has 5 saturated heterocycles. The smallest absolute Gasteiger partial charge is 0.324 e. The van der Waals surface area contributed by atoms with Crippen LogP contribution in [0.3, 0.4) is 0 Å². The molecule has 17 nitrogen and oxygen atoms in total. The number of methoxy groups -OCH3 is 1. The lowest BCUT2D eigenvalue weighted by molar-refractivity contribution is -0.175. The van der Waals surface area contributed by atoms with Crippen LogP contribution in [0.25, 0.3) is 33.4 Å². The Morgan fingerprint density at radius 1 is 0.973 bits per heavy atom. The van der Waals surface area contributed by atoms with Gasteiger partial charge in [0.25, 0.3) is 5.91 Å². The highest BCUT2D eigenvalue weighted by Gasteiger charge is 2.60. The number of pyridine rings is 1. The van der Waals surface area contributed by atoms with Crippen molar-refractivity contribution in [3.8, 4) is 22.5 Å². The van der Waals surface area contributed by atoms with Crippen molar-refractivity contribution in [3.05, 3.63) is 82.5 Å². The minimum atomic E-state index is -1.02. The Labute approximate surface area is 443 Å². The number of rotatable bonds is 10. The third-order valence-corrected chi connectivity index (χ3v) is 19.2. The zero-order chi connectivity index (χ0) is 51.3. The molecule has 18 heteroatoms. The van der Waals surface area contributed by atoms with E-state index in [-0.39, 0.29) is 53.9 Å². The van der Waals surface area contributed by atoms with E-state index in [2.05, 4.69) is 97.3 Å². The van der Waals surface area contributed by atoms with Crippen LogP contribution in [0.4, 0.5) is 0 Å². The van der Waals surface area contributed by atoms with Crippen molar-refractivity contribution in [2.75, 3.05) is 66.2 Å². The van der Waals surface area contributed by atoms with Gasteiger partial charge >= 0.3 is 5.97 Å². The fraction of sp³-hybridized carbons (Fsp3) is 0.596. The summed E-state index contributed by atoms with van der Waals surface area (Å²) in [6.45, 7) is 15.0. The Bertz CT molecular complexity index is 2980. The average molecular weight is 1040 g/mol. The number of nitrogens with one attached hydrogen (secondary N) is 2. The van der Waals surface area contributed by atoms with Gasteiger partial charge in [0.2, 0.25) is 5.91 Å². The molecule has 2 saturated carbocycles. The molecule has 2 aliphatic carbocycles. The maximum Gasteiger partial charge on any atom is 0.324 e. The number of esters is 1. The van der Waals surface area contributed by atoms with Crippen LogP contribution in [-0.4, -0.2) is 158 Å². The molecule has 396 valence electrons. The van der Waals surface area contributed by atoms with Crippen LogP contribution in [0.1, 0.15) is 119 Å². The van der Waals surface area contributed by atoms with Crippen LogP contribution in [0.5, 0.6) is 0 Å². The van der Waals surface area contributed by atoms with Gasteiger partial charge in [0.05, 0.1) is 41.9 Å². The van der Waals surface area contributed by atoms with E-state index < -0.39 is 29.5 Å². The molecule has 5 aromatic rings. The molecular formula is C57H71N11O6S. The summed E-state index contributed by atoms with van der Waals surface area (Å²) in [6.07, 6.45) is 12.2. The van der Waals surface area contributed by atoms with Crippen LogP contribution in [0.15, 0.2) is 60.5 Å². The molecule has 6 aliphatic heterocycles. The molecule has 0 unspecified atom stereocenters. The second-order valence-corrected chi connectivity index (χ2v) is 24.7. The minimum Gasteiger partial charge on any atom is -0.464 e. The number of cyclic esters (lactones) is 1. The summed E-state index contributed by atoms with van der Waals surface area (Å²) in [5.41, 5.74) is 10.8. The maximum atomic E-state index is 15.6. The van der Waals surface area contributed by atoms with Crippen LogP contribution < -0.4 is 10.7 Å². The summed E-state index contributed by atoms with van der Waals surface area (Å²) >= 11 is 1.55. The summed E-state index contributed by atoms with van der Waals surface area (Å²) in [4.78, 5) is 71.7. The lowest BCUT2D eigenvalue weighted by Gasteiger charge is -2.66. The van der Waals surface area contributed by atoms with Crippen LogP contribution >= 0.6 is 11.3 Å². The lowest BCUT2D eigenvalue weighted by Crippen LogP contribution is -2.80. The molecular weight excluding hydrogens is 967 g/mol. The van der Waals surface area contributed by atoms with Gasteiger partial charge in [0.1, 0.15) is 23.4 Å². The van der Waals surface area contributed by atoms with Gasteiger partial charge in [-0.3, -0.25) is 39.1 Å². The maximum absolute atomic E-state index is 15.6. The molecule has 2 N–H and O–H groups in total. The van der Waals surface area contributed by atoms with Gasteiger partial charge in [-0.1, -0.05) is 26.8 Å². The van der Waals surface area contributed by atoms with Gasteiger partial charge in [0, 0.05) is 140 Å². The molecule has 8 aliphatic rings. The second-order valence-electron chi connectivity index (χ2n) is 23.8. The molecule has 2 amide bonds. The number of hydrogen-bond acceptors (Lipinski definition) is 15. The number of aromatic nitrogens is 5. The van der Waals surface area contributed by atoms with Crippen molar-refractivity contribution in [2.45, 2.75) is 133 Å². The van der Waals surface area contributed by atoms with E-state index in [1.54, 1.807) is 29.7 Å². The monoisotopic (exact) mass is 1040 g/mol. The largest absolute Gasteiger partial charge is 0.464 e. The first-order chi connectivity index (χ1) is 36.4. The Morgan fingerprint density at radius 2 is 1.80 bits per heavy atom. The van der Waals surface area contributed by atoms with E-state index in [1.165, 1.54) is 24.7 Å². The third-order valence-electron chi connectivity index (χ3n) is 18.3. The number of amides is 2. The van der Waals surface area contributed by atoms with Gasteiger partial charge in [-0.15, -0.1) is 11.3 Å².